The number of nitrogens with zero attached hydrogens (tertiary/aromatic N) is 1. The van der Waals surface area contributed by atoms with Crippen molar-refractivity contribution in [3.8, 4) is 11.5 Å². The molecule has 1 aliphatic carbocycles. The van der Waals surface area contributed by atoms with E-state index in [-0.39, 0.29) is 28.9 Å². The molecule has 2 aromatic rings. The number of ether oxygens (including phenoxy) is 2. The fourth-order valence-corrected chi connectivity index (χ4v) is 6.13. The number of anilines is 2. The van der Waals surface area contributed by atoms with Crippen molar-refractivity contribution in [1.29, 1.82) is 0 Å². The number of carbonyl (C=O) groups excluding carboxylic acids is 2. The maximum Gasteiger partial charge on any atom is 0.230 e. The van der Waals surface area contributed by atoms with Crippen LogP contribution in [0.5, 0.6) is 11.5 Å². The highest BCUT2D eigenvalue weighted by atomic mass is 79.9. The number of halogens is 1. The van der Waals surface area contributed by atoms with Crippen molar-refractivity contribution in [2.45, 2.75) is 30.6 Å². The van der Waals surface area contributed by atoms with Crippen LogP contribution in [0.1, 0.15) is 24.8 Å². The minimum Gasteiger partial charge on any atom is -0.493 e. The zero-order chi connectivity index (χ0) is 23.8. The van der Waals surface area contributed by atoms with Crippen LogP contribution in [-0.2, 0) is 25.8 Å². The van der Waals surface area contributed by atoms with Crippen LogP contribution in [-0.4, -0.2) is 46.7 Å². The predicted molar refractivity (Wildman–Crippen MR) is 128 cm³/mol. The fourth-order valence-electron chi connectivity index (χ4n) is 3.95. The molecular formula is C23H25BrN2O6S. The molecule has 176 valence electrons. The highest BCUT2D eigenvalue weighted by molar-refractivity contribution is 9.10. The molecule has 2 aromatic carbocycles. The third-order valence-electron chi connectivity index (χ3n) is 5.79. The van der Waals surface area contributed by atoms with Gasteiger partial charge in [-0.25, -0.2) is 8.42 Å². The van der Waals surface area contributed by atoms with E-state index in [1.165, 1.54) is 20.3 Å². The maximum absolute atomic E-state index is 13.3. The van der Waals surface area contributed by atoms with Crippen LogP contribution < -0.4 is 19.7 Å². The summed E-state index contributed by atoms with van der Waals surface area (Å²) >= 11 is 3.39. The van der Waals surface area contributed by atoms with Crippen molar-refractivity contribution in [1.82, 2.24) is 0 Å². The molecule has 4 rings (SSSR count). The molecule has 0 radical (unpaired) electrons. The first kappa shape index (κ1) is 23.6. The summed E-state index contributed by atoms with van der Waals surface area (Å²) in [6, 6.07) is 8.29. The second kappa shape index (κ2) is 9.34. The number of rotatable bonds is 8. The first-order valence-corrected chi connectivity index (χ1v) is 13.1. The van der Waals surface area contributed by atoms with Crippen molar-refractivity contribution < 1.29 is 27.5 Å². The highest BCUT2D eigenvalue weighted by Crippen LogP contribution is 2.41. The third-order valence-corrected chi connectivity index (χ3v) is 7.97. The van der Waals surface area contributed by atoms with Gasteiger partial charge in [0.05, 0.1) is 30.6 Å². The van der Waals surface area contributed by atoms with E-state index < -0.39 is 15.7 Å². The number of carbonyl (C=O) groups is 2. The summed E-state index contributed by atoms with van der Waals surface area (Å²) in [6.07, 6.45) is 2.07. The monoisotopic (exact) mass is 536 g/mol. The van der Waals surface area contributed by atoms with Gasteiger partial charge in [0, 0.05) is 35.1 Å². The number of fused-ring (bicyclic) bond motifs is 1. The molecule has 1 saturated carbocycles. The average Bonchev–Trinajstić information content (AvgIpc) is 3.56. The summed E-state index contributed by atoms with van der Waals surface area (Å²) in [5.41, 5.74) is 1.77. The molecule has 0 aromatic heterocycles. The topological polar surface area (TPSA) is 102 Å². The number of benzene rings is 2. The summed E-state index contributed by atoms with van der Waals surface area (Å²) in [4.78, 5) is 26.9. The van der Waals surface area contributed by atoms with Gasteiger partial charge in [0.1, 0.15) is 0 Å². The molecule has 1 fully saturated rings. The summed E-state index contributed by atoms with van der Waals surface area (Å²) in [6.45, 7) is 0.476. The summed E-state index contributed by atoms with van der Waals surface area (Å²) in [5.74, 6) is 0.130. The number of amides is 2. The minimum atomic E-state index is -3.82. The van der Waals surface area contributed by atoms with Gasteiger partial charge in [0.25, 0.3) is 0 Å². The van der Waals surface area contributed by atoms with Gasteiger partial charge in [-0.15, -0.1) is 0 Å². The van der Waals surface area contributed by atoms with Crippen LogP contribution in [0.2, 0.25) is 0 Å². The number of nitrogens with one attached hydrogen (secondary N) is 1. The molecule has 33 heavy (non-hydrogen) atoms. The molecule has 2 aliphatic rings. The number of hydrogen-bond acceptors (Lipinski definition) is 6. The van der Waals surface area contributed by atoms with E-state index in [0.29, 0.717) is 40.3 Å². The first-order valence-electron chi connectivity index (χ1n) is 10.6. The largest absolute Gasteiger partial charge is 0.493 e. The number of hydrogen-bond donors (Lipinski definition) is 1. The maximum atomic E-state index is 13.3. The zero-order valence-electron chi connectivity index (χ0n) is 18.4. The predicted octanol–water partition coefficient (Wildman–Crippen LogP) is 3.57. The van der Waals surface area contributed by atoms with Crippen molar-refractivity contribution in [3.63, 3.8) is 0 Å². The average molecular weight is 537 g/mol. The Labute approximate surface area is 201 Å². The van der Waals surface area contributed by atoms with Crippen LogP contribution in [0.3, 0.4) is 0 Å². The van der Waals surface area contributed by atoms with Gasteiger partial charge in [0.15, 0.2) is 21.3 Å². The van der Waals surface area contributed by atoms with Crippen LogP contribution >= 0.6 is 15.9 Å². The molecule has 10 heteroatoms. The molecule has 0 spiro atoms. The highest BCUT2D eigenvalue weighted by Gasteiger charge is 2.39. The Bertz CT molecular complexity index is 1210. The zero-order valence-corrected chi connectivity index (χ0v) is 20.8. The molecule has 0 saturated heterocycles. The Kier molecular flexibility index (Phi) is 6.67. The van der Waals surface area contributed by atoms with Gasteiger partial charge in [-0.2, -0.15) is 0 Å². The van der Waals surface area contributed by atoms with Gasteiger partial charge in [-0.1, -0.05) is 15.9 Å². The molecule has 1 heterocycles. The van der Waals surface area contributed by atoms with E-state index in [4.69, 9.17) is 9.47 Å². The van der Waals surface area contributed by atoms with Crippen LogP contribution in [0, 0.1) is 5.92 Å². The van der Waals surface area contributed by atoms with Gasteiger partial charge < -0.3 is 19.7 Å². The molecule has 0 atom stereocenters. The minimum absolute atomic E-state index is 0.0117. The van der Waals surface area contributed by atoms with Crippen LogP contribution in [0.15, 0.2) is 39.7 Å². The first-order chi connectivity index (χ1) is 15.7. The van der Waals surface area contributed by atoms with E-state index in [1.54, 1.807) is 23.1 Å². The van der Waals surface area contributed by atoms with Crippen LogP contribution in [0.4, 0.5) is 11.4 Å². The number of methoxy groups -OCH3 is 2. The van der Waals surface area contributed by atoms with E-state index >= 15 is 0 Å². The SMILES string of the molecule is COc1ccc(NC(=O)CCS(=O)(=O)c2cc(Br)cc3c2N(C(=O)C2CC2)CC3)cc1OC. The van der Waals surface area contributed by atoms with Crippen molar-refractivity contribution in [2.75, 3.05) is 36.7 Å². The smallest absolute Gasteiger partial charge is 0.230 e. The lowest BCUT2D eigenvalue weighted by molar-refractivity contribution is -0.119. The molecule has 8 nitrogen and oxygen atoms in total. The molecule has 2 amide bonds. The van der Waals surface area contributed by atoms with Gasteiger partial charge in [-0.3, -0.25) is 9.59 Å². The molecule has 0 unspecified atom stereocenters. The van der Waals surface area contributed by atoms with E-state index in [2.05, 4.69) is 21.2 Å². The second-order valence-electron chi connectivity index (χ2n) is 8.11. The van der Waals surface area contributed by atoms with Gasteiger partial charge in [-0.05, 0) is 49.1 Å². The fraction of sp³-hybridized carbons (Fsp3) is 0.391. The number of sulfone groups is 1. The van der Waals surface area contributed by atoms with Gasteiger partial charge >= 0.3 is 0 Å². The van der Waals surface area contributed by atoms with E-state index in [0.717, 1.165) is 18.4 Å². The Morgan fingerprint density at radius 3 is 2.52 bits per heavy atom. The lowest BCUT2D eigenvalue weighted by Gasteiger charge is -2.20. The summed E-state index contributed by atoms with van der Waals surface area (Å²) in [7, 11) is -0.817. The molecule has 1 N–H and O–H groups in total. The Morgan fingerprint density at radius 2 is 1.85 bits per heavy atom. The van der Waals surface area contributed by atoms with Gasteiger partial charge in [0.2, 0.25) is 11.8 Å². The molecule has 1 aliphatic heterocycles. The normalized spacial score (nSPS) is 15.2. The van der Waals surface area contributed by atoms with Crippen molar-refractivity contribution in [3.05, 3.63) is 40.4 Å². The molecule has 0 bridgehead atoms. The summed E-state index contributed by atoms with van der Waals surface area (Å²) in [5, 5.41) is 2.69. The Hall–Kier alpha value is -2.59. The molecular weight excluding hydrogens is 512 g/mol. The van der Waals surface area contributed by atoms with Crippen molar-refractivity contribution in [2.24, 2.45) is 5.92 Å². The lowest BCUT2D eigenvalue weighted by Crippen LogP contribution is -2.31. The van der Waals surface area contributed by atoms with E-state index in [1.807, 2.05) is 6.07 Å². The summed E-state index contributed by atoms with van der Waals surface area (Å²) < 4.78 is 37.6. The second-order valence-corrected chi connectivity index (χ2v) is 11.1. The Balaban J connectivity index is 1.50. The van der Waals surface area contributed by atoms with Crippen molar-refractivity contribution >= 4 is 49.0 Å². The van der Waals surface area contributed by atoms with E-state index in [9.17, 15) is 18.0 Å². The lowest BCUT2D eigenvalue weighted by atomic mass is 10.2. The third kappa shape index (κ3) is 5.01. The quantitative estimate of drug-likeness (QED) is 0.553. The van der Waals surface area contributed by atoms with Crippen LogP contribution in [0.25, 0.3) is 0 Å². The standard InChI is InChI=1S/C23H25BrN2O6S/c1-31-18-6-5-17(13-19(18)32-2)25-21(27)8-10-33(29,30)20-12-16(24)11-15-7-9-26(22(15)20)23(28)14-3-4-14/h5-6,11-14H,3-4,7-10H2,1-2H3,(H,25,27). The Morgan fingerprint density at radius 1 is 1.12 bits per heavy atom.